The van der Waals surface area contributed by atoms with Gasteiger partial charge in [-0.15, -0.1) is 11.3 Å². The molecule has 4 rings (SSSR count). The molecule has 7 nitrogen and oxygen atoms in total. The summed E-state index contributed by atoms with van der Waals surface area (Å²) in [4.78, 5) is 44.2. The first-order valence-electron chi connectivity index (χ1n) is 10.4. The highest BCUT2D eigenvalue weighted by Crippen LogP contribution is 2.34. The molecular formula is C22H23FN4O3S2. The van der Waals surface area contributed by atoms with Crippen LogP contribution in [0.25, 0.3) is 10.2 Å². The van der Waals surface area contributed by atoms with Crippen molar-refractivity contribution in [2.45, 2.75) is 50.7 Å². The van der Waals surface area contributed by atoms with E-state index in [2.05, 4.69) is 10.9 Å². The van der Waals surface area contributed by atoms with E-state index in [1.807, 2.05) is 13.8 Å². The number of nitrogens with one attached hydrogen (secondary N) is 2. The zero-order chi connectivity index (χ0) is 22.8. The monoisotopic (exact) mass is 474 g/mol. The van der Waals surface area contributed by atoms with Gasteiger partial charge in [-0.25, -0.2) is 9.37 Å². The molecular weight excluding hydrogens is 451 g/mol. The minimum Gasteiger partial charge on any atom is -0.284 e. The van der Waals surface area contributed by atoms with Gasteiger partial charge in [0.25, 0.3) is 11.5 Å². The Balaban J connectivity index is 1.50. The molecule has 1 saturated carbocycles. The summed E-state index contributed by atoms with van der Waals surface area (Å²) in [6.45, 7) is 3.91. The van der Waals surface area contributed by atoms with Crippen LogP contribution in [0.1, 0.15) is 52.5 Å². The predicted octanol–water partition coefficient (Wildman–Crippen LogP) is 3.88. The summed E-state index contributed by atoms with van der Waals surface area (Å²) >= 11 is 2.63. The predicted molar refractivity (Wildman–Crippen MR) is 124 cm³/mol. The van der Waals surface area contributed by atoms with Gasteiger partial charge in [-0.05, 0) is 44.4 Å². The lowest BCUT2D eigenvalue weighted by Crippen LogP contribution is -2.42. The molecule has 2 N–H and O–H groups in total. The van der Waals surface area contributed by atoms with Crippen molar-refractivity contribution in [1.82, 2.24) is 20.4 Å². The van der Waals surface area contributed by atoms with E-state index in [0.29, 0.717) is 15.4 Å². The number of thiophene rings is 1. The van der Waals surface area contributed by atoms with Crippen molar-refractivity contribution in [2.75, 3.05) is 5.75 Å². The second-order valence-electron chi connectivity index (χ2n) is 7.74. The van der Waals surface area contributed by atoms with Crippen LogP contribution in [0, 0.1) is 19.7 Å². The Bertz CT molecular complexity index is 1250. The minimum atomic E-state index is -0.742. The molecule has 32 heavy (non-hydrogen) atoms. The number of aromatic nitrogens is 2. The molecule has 1 fully saturated rings. The molecule has 1 aliphatic rings. The smallest absolute Gasteiger partial charge is 0.272 e. The number of halogens is 1. The molecule has 1 aliphatic carbocycles. The van der Waals surface area contributed by atoms with Crippen molar-refractivity contribution in [3.8, 4) is 0 Å². The highest BCUT2D eigenvalue weighted by atomic mass is 32.2. The van der Waals surface area contributed by atoms with Gasteiger partial charge in [0, 0.05) is 10.9 Å². The van der Waals surface area contributed by atoms with Gasteiger partial charge in [-0.1, -0.05) is 36.7 Å². The van der Waals surface area contributed by atoms with E-state index in [1.54, 1.807) is 4.57 Å². The lowest BCUT2D eigenvalue weighted by Gasteiger charge is -2.18. The Morgan fingerprint density at radius 1 is 1.22 bits per heavy atom. The zero-order valence-electron chi connectivity index (χ0n) is 17.7. The summed E-state index contributed by atoms with van der Waals surface area (Å²) in [5, 5.41) is 1.16. The number of thioether (sulfide) groups is 1. The van der Waals surface area contributed by atoms with Crippen molar-refractivity contribution in [2.24, 2.45) is 0 Å². The van der Waals surface area contributed by atoms with Crippen molar-refractivity contribution in [1.29, 1.82) is 0 Å². The van der Waals surface area contributed by atoms with E-state index in [0.717, 1.165) is 47.9 Å². The van der Waals surface area contributed by atoms with Crippen molar-refractivity contribution < 1.29 is 14.0 Å². The summed E-state index contributed by atoms with van der Waals surface area (Å²) in [6, 6.07) is 5.59. The molecule has 3 aromatic rings. The Hall–Kier alpha value is -2.72. The van der Waals surface area contributed by atoms with Crippen molar-refractivity contribution >= 4 is 45.1 Å². The molecule has 2 amide bonds. The lowest BCUT2D eigenvalue weighted by atomic mass is 10.2. The first-order chi connectivity index (χ1) is 15.4. The number of hydrogen-bond donors (Lipinski definition) is 2. The highest BCUT2D eigenvalue weighted by Gasteiger charge is 2.25. The first kappa shape index (κ1) is 22.5. The maximum Gasteiger partial charge on any atom is 0.272 e. The second-order valence-corrected chi connectivity index (χ2v) is 9.89. The molecule has 0 radical (unpaired) electrons. The van der Waals surface area contributed by atoms with Gasteiger partial charge in [-0.2, -0.15) is 0 Å². The highest BCUT2D eigenvalue weighted by molar-refractivity contribution is 7.99. The summed E-state index contributed by atoms with van der Waals surface area (Å²) in [7, 11) is 0. The molecule has 168 valence electrons. The van der Waals surface area contributed by atoms with Crippen LogP contribution >= 0.6 is 23.1 Å². The molecule has 1 aromatic carbocycles. The van der Waals surface area contributed by atoms with Crippen LogP contribution in [0.2, 0.25) is 0 Å². The maximum absolute atomic E-state index is 13.7. The van der Waals surface area contributed by atoms with Crippen molar-refractivity contribution in [3.63, 3.8) is 0 Å². The van der Waals surface area contributed by atoms with Crippen LogP contribution in [0.4, 0.5) is 4.39 Å². The Kier molecular flexibility index (Phi) is 6.61. The number of hydrogen-bond acceptors (Lipinski definition) is 6. The SMILES string of the molecule is Cc1sc2nc(SCC(=O)NNC(=O)c3ccccc3F)n(C3CCCC3)c(=O)c2c1C. The minimum absolute atomic E-state index is 0.0500. The van der Waals surface area contributed by atoms with Crippen molar-refractivity contribution in [3.05, 3.63) is 56.4 Å². The molecule has 2 heterocycles. The van der Waals surface area contributed by atoms with Crippen LogP contribution in [-0.2, 0) is 4.79 Å². The van der Waals surface area contributed by atoms with Crippen LogP contribution in [0.5, 0.6) is 0 Å². The number of aryl methyl sites for hydroxylation is 2. The molecule has 0 unspecified atom stereocenters. The number of nitrogens with zero attached hydrogens (tertiary/aromatic N) is 2. The zero-order valence-corrected chi connectivity index (χ0v) is 19.4. The quantitative estimate of drug-likeness (QED) is 0.333. The normalized spacial score (nSPS) is 14.1. The molecule has 0 spiro atoms. The van der Waals surface area contributed by atoms with E-state index in [1.165, 1.54) is 35.6 Å². The first-order valence-corrected chi connectivity index (χ1v) is 12.2. The van der Waals surface area contributed by atoms with E-state index in [9.17, 15) is 18.8 Å². The number of amides is 2. The molecule has 2 aromatic heterocycles. The molecule has 0 bridgehead atoms. The van der Waals surface area contributed by atoms with Crippen LogP contribution in [0.15, 0.2) is 34.2 Å². The Morgan fingerprint density at radius 3 is 2.66 bits per heavy atom. The molecule has 0 aliphatic heterocycles. The average Bonchev–Trinajstić information content (AvgIpc) is 3.39. The summed E-state index contributed by atoms with van der Waals surface area (Å²) in [6.07, 6.45) is 3.94. The van der Waals surface area contributed by atoms with Gasteiger partial charge in [0.2, 0.25) is 5.91 Å². The van der Waals surface area contributed by atoms with Crippen LogP contribution in [-0.4, -0.2) is 27.1 Å². The van der Waals surface area contributed by atoms with Gasteiger partial charge >= 0.3 is 0 Å². The average molecular weight is 475 g/mol. The lowest BCUT2D eigenvalue weighted by molar-refractivity contribution is -0.119. The van der Waals surface area contributed by atoms with E-state index in [4.69, 9.17) is 4.98 Å². The largest absolute Gasteiger partial charge is 0.284 e. The number of hydrazine groups is 1. The number of fused-ring (bicyclic) bond motifs is 1. The van der Waals surface area contributed by atoms with E-state index >= 15 is 0 Å². The number of rotatable bonds is 5. The van der Waals surface area contributed by atoms with Crippen LogP contribution < -0.4 is 16.4 Å². The van der Waals surface area contributed by atoms with Gasteiger partial charge < -0.3 is 0 Å². The third-order valence-electron chi connectivity index (χ3n) is 5.66. The molecule has 10 heteroatoms. The standard InChI is InChI=1S/C22H23FN4O3S2/c1-12-13(2)32-20-18(12)21(30)27(14-7-3-4-8-14)22(24-20)31-11-17(28)25-26-19(29)15-9-5-6-10-16(15)23/h5-6,9-10,14H,3-4,7-8,11H2,1-2H3,(H,25,28)(H,26,29). The summed E-state index contributed by atoms with van der Waals surface area (Å²) in [5.74, 6) is -1.95. The van der Waals surface area contributed by atoms with E-state index in [-0.39, 0.29) is 22.9 Å². The second kappa shape index (κ2) is 9.41. The third-order valence-corrected chi connectivity index (χ3v) is 7.71. The molecule has 0 atom stereocenters. The van der Waals surface area contributed by atoms with Crippen LogP contribution in [0.3, 0.4) is 0 Å². The maximum atomic E-state index is 13.7. The van der Waals surface area contributed by atoms with Gasteiger partial charge in [-0.3, -0.25) is 29.8 Å². The summed E-state index contributed by atoms with van der Waals surface area (Å²) < 4.78 is 15.4. The van der Waals surface area contributed by atoms with Gasteiger partial charge in [0.15, 0.2) is 5.16 Å². The summed E-state index contributed by atoms with van der Waals surface area (Å²) in [5.41, 5.74) is 5.25. The fourth-order valence-electron chi connectivity index (χ4n) is 3.88. The fourth-order valence-corrected chi connectivity index (χ4v) is 5.82. The fraction of sp³-hybridized carbons (Fsp3) is 0.364. The number of carbonyl (C=O) groups excluding carboxylic acids is 2. The Labute approximate surface area is 192 Å². The van der Waals surface area contributed by atoms with Gasteiger partial charge in [0.1, 0.15) is 10.6 Å². The van der Waals surface area contributed by atoms with Gasteiger partial charge in [0.05, 0.1) is 16.7 Å². The Morgan fingerprint density at radius 2 is 1.94 bits per heavy atom. The molecule has 0 saturated heterocycles. The topological polar surface area (TPSA) is 93.1 Å². The number of benzene rings is 1. The van der Waals surface area contributed by atoms with E-state index < -0.39 is 17.6 Å². The number of carbonyl (C=O) groups is 2. The third kappa shape index (κ3) is 4.42.